The average molecular weight is 346 g/mol. The van der Waals surface area contributed by atoms with E-state index in [1.54, 1.807) is 11.4 Å². The van der Waals surface area contributed by atoms with E-state index in [0.29, 0.717) is 17.5 Å². The Morgan fingerprint density at radius 1 is 1.24 bits per heavy atom. The number of thiazole rings is 1. The summed E-state index contributed by atoms with van der Waals surface area (Å²) >= 11 is 2.96. The number of thiophene rings is 1. The number of rotatable bonds is 7. The van der Waals surface area contributed by atoms with Gasteiger partial charge in [-0.25, -0.2) is 18.1 Å². The molecular formula is C13H19N3O2S3. The lowest BCUT2D eigenvalue weighted by Gasteiger charge is -2.05. The van der Waals surface area contributed by atoms with E-state index in [2.05, 4.69) is 28.9 Å². The van der Waals surface area contributed by atoms with Gasteiger partial charge in [-0.3, -0.25) is 0 Å². The minimum absolute atomic E-state index is 0.224. The van der Waals surface area contributed by atoms with Crippen LogP contribution in [0, 0.1) is 6.92 Å². The lowest BCUT2D eigenvalue weighted by Crippen LogP contribution is -2.23. The summed E-state index contributed by atoms with van der Waals surface area (Å²) in [7, 11) is -3.47. The molecule has 0 fully saturated rings. The van der Waals surface area contributed by atoms with Crippen LogP contribution in [0.2, 0.25) is 0 Å². The molecule has 8 heteroatoms. The van der Waals surface area contributed by atoms with Gasteiger partial charge in [-0.2, -0.15) is 0 Å². The van der Waals surface area contributed by atoms with Crippen molar-refractivity contribution in [2.24, 2.45) is 0 Å². The number of nitrogens with one attached hydrogen (secondary N) is 2. The zero-order valence-electron chi connectivity index (χ0n) is 12.2. The Kier molecular flexibility index (Phi) is 5.50. The molecule has 0 atom stereocenters. The highest BCUT2D eigenvalue weighted by atomic mass is 32.2. The molecule has 0 saturated carbocycles. The van der Waals surface area contributed by atoms with E-state index in [0.717, 1.165) is 15.6 Å². The minimum Gasteiger partial charge on any atom is -0.310 e. The van der Waals surface area contributed by atoms with Gasteiger partial charge in [0.25, 0.3) is 0 Å². The molecule has 0 spiro atoms. The first kappa shape index (κ1) is 16.6. The first-order valence-electron chi connectivity index (χ1n) is 6.58. The Hall–Kier alpha value is -0.800. The van der Waals surface area contributed by atoms with E-state index in [-0.39, 0.29) is 6.54 Å². The molecule has 2 aromatic rings. The summed E-state index contributed by atoms with van der Waals surface area (Å²) in [5, 5.41) is 7.74. The van der Waals surface area contributed by atoms with Crippen molar-refractivity contribution in [1.29, 1.82) is 0 Å². The Bertz CT molecular complexity index is 689. The normalized spacial score (nSPS) is 12.2. The van der Waals surface area contributed by atoms with Crippen molar-refractivity contribution < 1.29 is 8.42 Å². The van der Waals surface area contributed by atoms with E-state index in [4.69, 9.17) is 0 Å². The third kappa shape index (κ3) is 4.86. The van der Waals surface area contributed by atoms with Crippen molar-refractivity contribution in [2.45, 2.75) is 44.8 Å². The maximum atomic E-state index is 12.2. The van der Waals surface area contributed by atoms with E-state index in [1.807, 2.05) is 12.3 Å². The fraction of sp³-hybridized carbons (Fsp3) is 0.462. The lowest BCUT2D eigenvalue weighted by atomic mass is 10.4. The molecule has 2 heterocycles. The molecule has 0 aliphatic carbocycles. The lowest BCUT2D eigenvalue weighted by molar-refractivity contribution is 0.580. The summed E-state index contributed by atoms with van der Waals surface area (Å²) < 4.78 is 27.0. The van der Waals surface area contributed by atoms with Crippen molar-refractivity contribution >= 4 is 32.7 Å². The van der Waals surface area contributed by atoms with Crippen LogP contribution >= 0.6 is 22.7 Å². The molecule has 0 bridgehead atoms. The number of aromatic nitrogens is 1. The standard InChI is InChI=1S/C13H19N3O2S3/c1-9(2)14-6-12-4-13(8-20-12)21(17,18)15-5-11-7-19-10(3)16-11/h4,7-9,14-15H,5-6H2,1-3H3. The molecule has 116 valence electrons. The van der Waals surface area contributed by atoms with Gasteiger partial charge in [0.15, 0.2) is 0 Å². The SMILES string of the molecule is Cc1nc(CNS(=O)(=O)c2csc(CNC(C)C)c2)cs1. The predicted molar refractivity (Wildman–Crippen MR) is 87.2 cm³/mol. The van der Waals surface area contributed by atoms with Crippen LogP contribution < -0.4 is 10.0 Å². The third-order valence-electron chi connectivity index (χ3n) is 2.73. The maximum absolute atomic E-state index is 12.2. The first-order valence-corrected chi connectivity index (χ1v) is 9.82. The summed E-state index contributed by atoms with van der Waals surface area (Å²) in [6, 6.07) is 2.09. The molecule has 2 N–H and O–H groups in total. The second kappa shape index (κ2) is 6.97. The molecule has 0 aromatic carbocycles. The molecule has 2 rings (SSSR count). The van der Waals surface area contributed by atoms with Crippen LogP contribution in [0.1, 0.15) is 29.4 Å². The summed E-state index contributed by atoms with van der Waals surface area (Å²) in [4.78, 5) is 5.57. The molecule has 0 amide bonds. The number of hydrogen-bond acceptors (Lipinski definition) is 6. The fourth-order valence-corrected chi connectivity index (χ4v) is 4.48. The summed E-state index contributed by atoms with van der Waals surface area (Å²) in [6.07, 6.45) is 0. The van der Waals surface area contributed by atoms with Crippen molar-refractivity contribution in [1.82, 2.24) is 15.0 Å². The van der Waals surface area contributed by atoms with E-state index < -0.39 is 10.0 Å². The number of sulfonamides is 1. The maximum Gasteiger partial charge on any atom is 0.241 e. The molecular weight excluding hydrogens is 326 g/mol. The molecule has 0 aliphatic rings. The van der Waals surface area contributed by atoms with Crippen molar-refractivity contribution in [3.63, 3.8) is 0 Å². The summed E-state index contributed by atoms with van der Waals surface area (Å²) in [6.45, 7) is 6.92. The topological polar surface area (TPSA) is 71.1 Å². The second-order valence-corrected chi connectivity index (χ2v) is 8.79. The van der Waals surface area contributed by atoms with Gasteiger partial charge in [-0.15, -0.1) is 22.7 Å². The van der Waals surface area contributed by atoms with Crippen LogP contribution in [-0.2, 0) is 23.1 Å². The van der Waals surface area contributed by atoms with Gasteiger partial charge in [0.2, 0.25) is 10.0 Å². The zero-order chi connectivity index (χ0) is 15.5. The molecule has 0 aliphatic heterocycles. The number of nitrogens with zero attached hydrogens (tertiary/aromatic N) is 1. The average Bonchev–Trinajstić information content (AvgIpc) is 3.03. The Labute approximate surface area is 133 Å². The van der Waals surface area contributed by atoms with Crippen molar-refractivity contribution in [3.8, 4) is 0 Å². The van der Waals surface area contributed by atoms with Crippen molar-refractivity contribution in [2.75, 3.05) is 0 Å². The van der Waals surface area contributed by atoms with E-state index in [1.165, 1.54) is 22.7 Å². The van der Waals surface area contributed by atoms with Gasteiger partial charge >= 0.3 is 0 Å². The third-order valence-corrected chi connectivity index (χ3v) is 6.02. The first-order chi connectivity index (χ1) is 9.87. The molecule has 0 saturated heterocycles. The Morgan fingerprint density at radius 3 is 2.62 bits per heavy atom. The van der Waals surface area contributed by atoms with Crippen molar-refractivity contribution in [3.05, 3.63) is 32.4 Å². The Balaban J connectivity index is 1.99. The molecule has 0 unspecified atom stereocenters. The largest absolute Gasteiger partial charge is 0.310 e. The highest BCUT2D eigenvalue weighted by Gasteiger charge is 2.16. The monoisotopic (exact) mass is 345 g/mol. The number of hydrogen-bond donors (Lipinski definition) is 2. The molecule has 5 nitrogen and oxygen atoms in total. The van der Waals surface area contributed by atoms with Crippen LogP contribution in [0.15, 0.2) is 21.7 Å². The van der Waals surface area contributed by atoms with Gasteiger partial charge < -0.3 is 5.32 Å². The smallest absolute Gasteiger partial charge is 0.241 e. The van der Waals surface area contributed by atoms with Crippen LogP contribution in [0.4, 0.5) is 0 Å². The van der Waals surface area contributed by atoms with Crippen LogP contribution in [0.5, 0.6) is 0 Å². The molecule has 0 radical (unpaired) electrons. The quantitative estimate of drug-likeness (QED) is 0.809. The highest BCUT2D eigenvalue weighted by Crippen LogP contribution is 2.19. The summed E-state index contributed by atoms with van der Waals surface area (Å²) in [5.74, 6) is 0. The second-order valence-electron chi connectivity index (χ2n) is 4.97. The van der Waals surface area contributed by atoms with Gasteiger partial charge in [-0.05, 0) is 13.0 Å². The van der Waals surface area contributed by atoms with Gasteiger partial charge in [0.1, 0.15) is 0 Å². The predicted octanol–water partition coefficient (Wildman–Crippen LogP) is 2.49. The van der Waals surface area contributed by atoms with Crippen LogP contribution in [-0.4, -0.2) is 19.4 Å². The van der Waals surface area contributed by atoms with E-state index >= 15 is 0 Å². The van der Waals surface area contributed by atoms with Gasteiger partial charge in [-0.1, -0.05) is 13.8 Å². The van der Waals surface area contributed by atoms with Crippen LogP contribution in [0.25, 0.3) is 0 Å². The van der Waals surface area contributed by atoms with Gasteiger partial charge in [0.05, 0.1) is 22.1 Å². The molecule has 2 aromatic heterocycles. The Morgan fingerprint density at radius 2 is 2.00 bits per heavy atom. The van der Waals surface area contributed by atoms with Gasteiger partial charge in [0, 0.05) is 28.2 Å². The number of aryl methyl sites for hydroxylation is 1. The zero-order valence-corrected chi connectivity index (χ0v) is 14.7. The highest BCUT2D eigenvalue weighted by molar-refractivity contribution is 7.89. The minimum atomic E-state index is -3.47. The van der Waals surface area contributed by atoms with E-state index in [9.17, 15) is 8.42 Å². The summed E-state index contributed by atoms with van der Waals surface area (Å²) in [5.41, 5.74) is 0.748. The fourth-order valence-electron chi connectivity index (χ4n) is 1.64. The van der Waals surface area contributed by atoms with Crippen LogP contribution in [0.3, 0.4) is 0 Å². The molecule has 21 heavy (non-hydrogen) atoms.